The highest BCUT2D eigenvalue weighted by Crippen LogP contribution is 2.39. The van der Waals surface area contributed by atoms with E-state index in [0.717, 1.165) is 0 Å². The fourth-order valence-electron chi connectivity index (χ4n) is 2.14. The minimum Gasteiger partial charge on any atom is -0.229 e. The third-order valence-electron chi connectivity index (χ3n) is 2.75. The van der Waals surface area contributed by atoms with E-state index in [1.54, 1.807) is 11.8 Å². The maximum atomic E-state index is 11.4. The average molecular weight is 228 g/mol. The smallest absolute Gasteiger partial charge is 0.229 e. The zero-order valence-electron chi connectivity index (χ0n) is 7.46. The predicted octanol–water partition coefficient (Wildman–Crippen LogP) is 0.418. The van der Waals surface area contributed by atoms with Crippen molar-refractivity contribution in [2.24, 2.45) is 0 Å². The van der Waals surface area contributed by atoms with Gasteiger partial charge in [0.2, 0.25) is 5.03 Å². The van der Waals surface area contributed by atoms with Crippen LogP contribution in [0.5, 0.6) is 0 Å². The largest absolute Gasteiger partial charge is 0.240 e. The van der Waals surface area contributed by atoms with Gasteiger partial charge in [0.25, 0.3) is 0 Å². The monoisotopic (exact) mass is 228 g/mol. The van der Waals surface area contributed by atoms with Crippen molar-refractivity contribution in [1.82, 2.24) is 0 Å². The lowest BCUT2D eigenvalue weighted by molar-refractivity contribution is -0.745. The van der Waals surface area contributed by atoms with E-state index in [1.807, 2.05) is 18.3 Å². The summed E-state index contributed by atoms with van der Waals surface area (Å²) in [5.74, 6) is 0.649. The topological polar surface area (TPSA) is 38.0 Å². The molecule has 0 aromatic carbocycles. The first-order valence-electron chi connectivity index (χ1n) is 4.53. The zero-order chi connectivity index (χ0) is 9.76. The van der Waals surface area contributed by atoms with Crippen LogP contribution in [0.3, 0.4) is 0 Å². The second-order valence-electron chi connectivity index (χ2n) is 3.75. The van der Waals surface area contributed by atoms with Gasteiger partial charge < -0.3 is 0 Å². The van der Waals surface area contributed by atoms with Gasteiger partial charge in [-0.25, -0.2) is 8.42 Å². The van der Waals surface area contributed by atoms with Crippen LogP contribution in [0.25, 0.3) is 0 Å². The molecule has 0 spiro atoms. The second-order valence-corrected chi connectivity index (χ2v) is 7.16. The van der Waals surface area contributed by atoms with Crippen molar-refractivity contribution in [2.45, 2.75) is 16.3 Å². The van der Waals surface area contributed by atoms with E-state index in [1.165, 1.54) is 5.03 Å². The first-order chi connectivity index (χ1) is 6.66. The standard InChI is InChI=1S/C9H10NO2S2/c11-14(12)5-7-8(6-14)13-9-3-1-2-4-10(7)9/h1-4,7-8H,5-6H2/q+1/t7-,8+/m0/s1. The normalized spacial score (nSPS) is 32.6. The molecule has 0 saturated carbocycles. The number of sulfone groups is 1. The van der Waals surface area contributed by atoms with Gasteiger partial charge in [0.1, 0.15) is 5.75 Å². The quantitative estimate of drug-likeness (QED) is 0.604. The maximum Gasteiger partial charge on any atom is 0.240 e. The molecule has 5 heteroatoms. The number of aromatic nitrogens is 1. The minimum absolute atomic E-state index is 0.168. The molecule has 0 unspecified atom stereocenters. The molecule has 14 heavy (non-hydrogen) atoms. The van der Waals surface area contributed by atoms with Crippen molar-refractivity contribution in [3.63, 3.8) is 0 Å². The van der Waals surface area contributed by atoms with Gasteiger partial charge in [-0.1, -0.05) is 0 Å². The first kappa shape index (κ1) is 8.73. The number of rotatable bonds is 0. The molecule has 74 valence electrons. The van der Waals surface area contributed by atoms with E-state index in [0.29, 0.717) is 11.5 Å². The summed E-state index contributed by atoms with van der Waals surface area (Å²) in [5.41, 5.74) is 0. The molecule has 0 N–H and O–H groups in total. The molecule has 3 rings (SSSR count). The molecule has 2 aliphatic heterocycles. The molecule has 3 nitrogen and oxygen atoms in total. The van der Waals surface area contributed by atoms with Crippen molar-refractivity contribution < 1.29 is 13.0 Å². The Morgan fingerprint density at radius 3 is 3.07 bits per heavy atom. The Morgan fingerprint density at radius 2 is 2.21 bits per heavy atom. The summed E-state index contributed by atoms with van der Waals surface area (Å²) < 4.78 is 25.0. The summed E-state index contributed by atoms with van der Waals surface area (Å²) in [5, 5.41) is 1.43. The number of pyridine rings is 1. The summed E-state index contributed by atoms with van der Waals surface area (Å²) >= 11 is 1.69. The van der Waals surface area contributed by atoms with Crippen LogP contribution in [0.2, 0.25) is 0 Å². The van der Waals surface area contributed by atoms with Crippen LogP contribution in [-0.2, 0) is 9.84 Å². The molecular formula is C9H10NO2S2+. The molecular weight excluding hydrogens is 218 g/mol. The molecule has 1 aromatic heterocycles. The maximum absolute atomic E-state index is 11.4. The Hall–Kier alpha value is -0.550. The van der Waals surface area contributed by atoms with E-state index in [4.69, 9.17) is 0 Å². The van der Waals surface area contributed by atoms with E-state index in [9.17, 15) is 8.42 Å². The van der Waals surface area contributed by atoms with Gasteiger partial charge in [-0.15, -0.1) is 0 Å². The SMILES string of the molecule is O=S1(=O)C[C@H]2Sc3cccc[n+]3[C@H]2C1. The molecule has 0 radical (unpaired) electrons. The Bertz CT molecular complexity index is 483. The third kappa shape index (κ3) is 1.19. The first-order valence-corrected chi connectivity index (χ1v) is 7.23. The highest BCUT2D eigenvalue weighted by molar-refractivity contribution is 8.01. The Morgan fingerprint density at radius 1 is 1.36 bits per heavy atom. The van der Waals surface area contributed by atoms with Crippen molar-refractivity contribution in [2.75, 3.05) is 11.5 Å². The molecule has 3 heterocycles. The summed E-state index contributed by atoms with van der Waals surface area (Å²) in [6.07, 6.45) is 1.98. The lowest BCUT2D eigenvalue weighted by Crippen LogP contribution is -2.40. The van der Waals surface area contributed by atoms with Crippen LogP contribution in [0.1, 0.15) is 6.04 Å². The van der Waals surface area contributed by atoms with Crippen LogP contribution in [0.4, 0.5) is 0 Å². The van der Waals surface area contributed by atoms with E-state index in [-0.39, 0.29) is 11.3 Å². The predicted molar refractivity (Wildman–Crippen MR) is 54.0 cm³/mol. The molecule has 0 aliphatic carbocycles. The van der Waals surface area contributed by atoms with E-state index >= 15 is 0 Å². The van der Waals surface area contributed by atoms with Crippen LogP contribution in [-0.4, -0.2) is 25.2 Å². The van der Waals surface area contributed by atoms with Gasteiger partial charge in [-0.3, -0.25) is 0 Å². The zero-order valence-corrected chi connectivity index (χ0v) is 9.09. The highest BCUT2D eigenvalue weighted by atomic mass is 32.2. The van der Waals surface area contributed by atoms with Crippen LogP contribution in [0, 0.1) is 0 Å². The van der Waals surface area contributed by atoms with E-state index in [2.05, 4.69) is 10.6 Å². The minimum atomic E-state index is -2.79. The van der Waals surface area contributed by atoms with E-state index < -0.39 is 9.84 Å². The van der Waals surface area contributed by atoms with Gasteiger partial charge in [0.15, 0.2) is 22.1 Å². The fourth-order valence-corrected chi connectivity index (χ4v) is 6.10. The molecule has 0 amide bonds. The molecule has 0 bridgehead atoms. The fraction of sp³-hybridized carbons (Fsp3) is 0.444. The van der Waals surface area contributed by atoms with Gasteiger partial charge >= 0.3 is 0 Å². The third-order valence-corrected chi connectivity index (χ3v) is 6.05. The molecule has 2 aliphatic rings. The number of hydrogen-bond acceptors (Lipinski definition) is 3. The number of thioether (sulfide) groups is 1. The molecule has 1 aromatic rings. The van der Waals surface area contributed by atoms with Gasteiger partial charge in [0.05, 0.1) is 11.0 Å². The number of fused-ring (bicyclic) bond motifs is 3. The lowest BCUT2D eigenvalue weighted by atomic mass is 10.2. The summed E-state index contributed by atoms with van der Waals surface area (Å²) in [4.78, 5) is 0. The van der Waals surface area contributed by atoms with Crippen molar-refractivity contribution >= 4 is 21.6 Å². The summed E-state index contributed by atoms with van der Waals surface area (Å²) in [6.45, 7) is 0. The van der Waals surface area contributed by atoms with Crippen LogP contribution < -0.4 is 4.57 Å². The second kappa shape index (κ2) is 2.73. The summed E-state index contributed by atoms with van der Waals surface area (Å²) in [7, 11) is -2.79. The summed E-state index contributed by atoms with van der Waals surface area (Å²) in [6, 6.07) is 6.17. The van der Waals surface area contributed by atoms with Crippen LogP contribution in [0.15, 0.2) is 29.4 Å². The van der Waals surface area contributed by atoms with Crippen LogP contribution >= 0.6 is 11.8 Å². The van der Waals surface area contributed by atoms with Gasteiger partial charge in [-0.05, 0) is 17.8 Å². The Balaban J connectivity index is 2.08. The number of nitrogens with zero attached hydrogens (tertiary/aromatic N) is 1. The number of hydrogen-bond donors (Lipinski definition) is 0. The Kier molecular flexibility index (Phi) is 1.70. The van der Waals surface area contributed by atoms with Crippen molar-refractivity contribution in [3.8, 4) is 0 Å². The average Bonchev–Trinajstić information content (AvgIpc) is 2.56. The Labute approximate surface area is 87.1 Å². The van der Waals surface area contributed by atoms with Gasteiger partial charge in [0, 0.05) is 12.1 Å². The van der Waals surface area contributed by atoms with Gasteiger partial charge in [-0.2, -0.15) is 4.57 Å². The lowest BCUT2D eigenvalue weighted by Gasteiger charge is -1.98. The molecule has 2 atom stereocenters. The highest BCUT2D eigenvalue weighted by Gasteiger charge is 2.50. The molecule has 1 saturated heterocycles. The molecule has 1 fully saturated rings. The van der Waals surface area contributed by atoms with Crippen molar-refractivity contribution in [1.29, 1.82) is 0 Å². The van der Waals surface area contributed by atoms with Crippen molar-refractivity contribution in [3.05, 3.63) is 24.4 Å².